The number of carboxylic acids is 1. The van der Waals surface area contributed by atoms with Gasteiger partial charge in [-0.05, 0) is 12.1 Å². The number of ether oxygens (including phenoxy) is 1. The van der Waals surface area contributed by atoms with E-state index in [0.717, 1.165) is 0 Å². The number of nitrogens with zero attached hydrogens (tertiary/aromatic N) is 3. The summed E-state index contributed by atoms with van der Waals surface area (Å²) in [6, 6.07) is 2.91. The average Bonchev–Trinajstić information content (AvgIpc) is 2.41. The van der Waals surface area contributed by atoms with Gasteiger partial charge in [-0.3, -0.25) is 0 Å². The van der Waals surface area contributed by atoms with Crippen LogP contribution >= 0.6 is 34.8 Å². The van der Waals surface area contributed by atoms with Crippen molar-refractivity contribution in [3.8, 4) is 5.88 Å². The van der Waals surface area contributed by atoms with Crippen molar-refractivity contribution in [1.29, 1.82) is 0 Å². The molecule has 0 radical (unpaired) electrons. The maximum absolute atomic E-state index is 10.2. The minimum Gasteiger partial charge on any atom is -0.479 e. The molecule has 11 heteroatoms. The van der Waals surface area contributed by atoms with Gasteiger partial charge in [-0.25, -0.2) is 9.78 Å². The molecular weight excluding hydrogens is 357 g/mol. The van der Waals surface area contributed by atoms with Crippen molar-refractivity contribution in [2.75, 3.05) is 18.1 Å². The van der Waals surface area contributed by atoms with Gasteiger partial charge in [0.25, 0.3) is 0 Å². The number of anilines is 2. The Labute approximate surface area is 140 Å². The predicted molar refractivity (Wildman–Crippen MR) is 83.3 cm³/mol. The molecule has 0 amide bonds. The highest BCUT2D eigenvalue weighted by molar-refractivity contribution is 6.42. The van der Waals surface area contributed by atoms with Crippen molar-refractivity contribution >= 4 is 52.5 Å². The second kappa shape index (κ2) is 8.42. The highest BCUT2D eigenvalue weighted by atomic mass is 35.5. The zero-order valence-electron chi connectivity index (χ0n) is 10.8. The van der Waals surface area contributed by atoms with Crippen molar-refractivity contribution < 1.29 is 14.6 Å². The first-order valence-electron chi connectivity index (χ1n) is 5.49. The number of aromatic nitrogens is 3. The van der Waals surface area contributed by atoms with Crippen LogP contribution in [0.2, 0.25) is 15.2 Å². The lowest BCUT2D eigenvalue weighted by Crippen LogP contribution is -2.10. The first-order chi connectivity index (χ1) is 10.3. The molecule has 2 heterocycles. The van der Waals surface area contributed by atoms with Crippen molar-refractivity contribution in [2.24, 2.45) is 0 Å². The summed E-state index contributed by atoms with van der Waals surface area (Å²) in [6.07, 6.45) is 1.51. The first kappa shape index (κ1) is 18.0. The van der Waals surface area contributed by atoms with Crippen molar-refractivity contribution in [3.05, 3.63) is 33.5 Å². The average molecular weight is 367 g/mol. The minimum atomic E-state index is -1.13. The Morgan fingerprint density at radius 3 is 2.41 bits per heavy atom. The second-order valence-electron chi connectivity index (χ2n) is 3.57. The molecule has 22 heavy (non-hydrogen) atoms. The molecule has 0 saturated heterocycles. The van der Waals surface area contributed by atoms with Crippen LogP contribution in [0.5, 0.6) is 5.88 Å². The van der Waals surface area contributed by atoms with Crippen molar-refractivity contribution in [3.63, 3.8) is 0 Å². The number of aliphatic carboxylic acids is 1. The van der Waals surface area contributed by atoms with Gasteiger partial charge in [-0.2, -0.15) is 9.97 Å². The molecule has 5 N–H and O–H groups in total. The van der Waals surface area contributed by atoms with E-state index in [1.807, 2.05) is 0 Å². The number of carbonyl (C=O) groups is 1. The fourth-order valence-electron chi connectivity index (χ4n) is 1.05. The number of hydrogen-bond acceptors (Lipinski definition) is 7. The molecule has 0 atom stereocenters. The van der Waals surface area contributed by atoms with Gasteiger partial charge < -0.3 is 21.3 Å². The van der Waals surface area contributed by atoms with Crippen LogP contribution in [0.1, 0.15) is 0 Å². The molecule has 0 spiro atoms. The Bertz CT molecular complexity index is 654. The van der Waals surface area contributed by atoms with Gasteiger partial charge in [-0.1, -0.05) is 34.8 Å². The smallest absolute Gasteiger partial charge is 0.341 e. The van der Waals surface area contributed by atoms with E-state index in [2.05, 4.69) is 15.0 Å². The summed E-state index contributed by atoms with van der Waals surface area (Å²) >= 11 is 16.8. The summed E-state index contributed by atoms with van der Waals surface area (Å²) in [7, 11) is 0. The Hall–Kier alpha value is -2.03. The molecule has 0 bridgehead atoms. The number of hydrogen-bond donors (Lipinski definition) is 3. The van der Waals surface area contributed by atoms with Gasteiger partial charge in [0.15, 0.2) is 11.8 Å². The van der Waals surface area contributed by atoms with Gasteiger partial charge in [0.05, 0.1) is 5.02 Å². The SMILES string of the molecule is Nc1ccnc(N)n1.O=C(O)COc1nc(Cl)c(Cl)cc1Cl. The third-order valence-corrected chi connectivity index (χ3v) is 2.83. The highest BCUT2D eigenvalue weighted by Crippen LogP contribution is 2.30. The van der Waals surface area contributed by atoms with Crippen LogP contribution in [0.3, 0.4) is 0 Å². The van der Waals surface area contributed by atoms with Gasteiger partial charge in [0.2, 0.25) is 11.8 Å². The fraction of sp³-hybridized carbons (Fsp3) is 0.0909. The molecule has 2 rings (SSSR count). The summed E-state index contributed by atoms with van der Waals surface area (Å²) in [4.78, 5) is 21.1. The Kier molecular flexibility index (Phi) is 6.90. The fourth-order valence-corrected chi connectivity index (χ4v) is 1.59. The van der Waals surface area contributed by atoms with E-state index in [4.69, 9.17) is 56.1 Å². The van der Waals surface area contributed by atoms with E-state index in [1.165, 1.54) is 12.3 Å². The lowest BCUT2D eigenvalue weighted by atomic mass is 10.5. The molecule has 8 nitrogen and oxygen atoms in total. The maximum Gasteiger partial charge on any atom is 0.341 e. The second-order valence-corrected chi connectivity index (χ2v) is 4.74. The van der Waals surface area contributed by atoms with Crippen LogP contribution in [-0.2, 0) is 4.79 Å². The largest absolute Gasteiger partial charge is 0.479 e. The van der Waals surface area contributed by atoms with E-state index < -0.39 is 12.6 Å². The quantitative estimate of drug-likeness (QED) is 0.702. The minimum absolute atomic E-state index is 0.0106. The maximum atomic E-state index is 10.2. The molecule has 0 aromatic carbocycles. The summed E-state index contributed by atoms with van der Waals surface area (Å²) < 4.78 is 4.75. The molecule has 2 aromatic rings. The Morgan fingerprint density at radius 2 is 1.91 bits per heavy atom. The molecule has 0 unspecified atom stereocenters. The van der Waals surface area contributed by atoms with Crippen LogP contribution in [0.4, 0.5) is 11.8 Å². The molecule has 118 valence electrons. The molecule has 0 aliphatic rings. The Balaban J connectivity index is 0.000000255. The van der Waals surface area contributed by atoms with E-state index in [-0.39, 0.29) is 27.0 Å². The Morgan fingerprint density at radius 1 is 1.23 bits per heavy atom. The van der Waals surface area contributed by atoms with Crippen LogP contribution in [0, 0.1) is 0 Å². The topological polar surface area (TPSA) is 137 Å². The summed E-state index contributed by atoms with van der Waals surface area (Å²) in [6.45, 7) is -0.537. The van der Waals surface area contributed by atoms with Crippen molar-refractivity contribution in [2.45, 2.75) is 0 Å². The number of nitrogens with two attached hydrogens (primary N) is 2. The van der Waals surface area contributed by atoms with E-state index >= 15 is 0 Å². The number of nitrogen functional groups attached to an aromatic ring is 2. The molecule has 0 fully saturated rings. The third kappa shape index (κ3) is 6.17. The van der Waals surface area contributed by atoms with Gasteiger partial charge in [-0.15, -0.1) is 0 Å². The molecule has 0 aliphatic heterocycles. The van der Waals surface area contributed by atoms with E-state index in [0.29, 0.717) is 5.82 Å². The number of pyridine rings is 1. The number of rotatable bonds is 3. The van der Waals surface area contributed by atoms with Crippen LogP contribution in [-0.4, -0.2) is 32.6 Å². The lowest BCUT2D eigenvalue weighted by Gasteiger charge is -2.05. The van der Waals surface area contributed by atoms with Crippen LogP contribution in [0.15, 0.2) is 18.3 Å². The van der Waals surface area contributed by atoms with Crippen LogP contribution < -0.4 is 16.2 Å². The summed E-state index contributed by atoms with van der Waals surface area (Å²) in [5, 5.41) is 8.64. The number of carboxylic acid groups (broad SMARTS) is 1. The lowest BCUT2D eigenvalue weighted by molar-refractivity contribution is -0.139. The first-order valence-corrected chi connectivity index (χ1v) is 6.63. The molecular formula is C11H10Cl3N5O3. The zero-order valence-corrected chi connectivity index (χ0v) is 13.1. The van der Waals surface area contributed by atoms with E-state index in [9.17, 15) is 4.79 Å². The zero-order chi connectivity index (χ0) is 16.7. The normalized spacial score (nSPS) is 9.59. The van der Waals surface area contributed by atoms with Gasteiger partial charge in [0, 0.05) is 6.20 Å². The number of halogens is 3. The standard InChI is InChI=1S/C7H4Cl3NO3.C4H6N4/c8-3-1-4(9)7(11-6(3)10)14-2-5(12)13;5-3-1-2-7-4(6)8-3/h1H,2H2,(H,12,13);1-2H,(H4,5,6,7,8). The predicted octanol–water partition coefficient (Wildman–Crippen LogP) is 2.15. The van der Waals surface area contributed by atoms with Crippen LogP contribution in [0.25, 0.3) is 0 Å². The summed E-state index contributed by atoms with van der Waals surface area (Å²) in [5.74, 6) is -0.570. The van der Waals surface area contributed by atoms with Crippen molar-refractivity contribution in [1.82, 2.24) is 15.0 Å². The van der Waals surface area contributed by atoms with E-state index in [1.54, 1.807) is 6.07 Å². The molecule has 0 saturated carbocycles. The highest BCUT2D eigenvalue weighted by Gasteiger charge is 2.10. The molecule has 0 aliphatic carbocycles. The van der Waals surface area contributed by atoms with Gasteiger partial charge in [0.1, 0.15) is 10.8 Å². The molecule has 2 aromatic heterocycles. The summed E-state index contributed by atoms with van der Waals surface area (Å²) in [5.41, 5.74) is 10.4. The van der Waals surface area contributed by atoms with Gasteiger partial charge >= 0.3 is 5.97 Å². The monoisotopic (exact) mass is 365 g/mol. The third-order valence-electron chi connectivity index (χ3n) is 1.88.